The second-order valence-corrected chi connectivity index (χ2v) is 4.60. The van der Waals surface area contributed by atoms with E-state index in [-0.39, 0.29) is 6.04 Å². The molecule has 4 heteroatoms. The minimum atomic E-state index is 0.0598. The van der Waals surface area contributed by atoms with Crippen LogP contribution in [-0.4, -0.2) is 34.0 Å². The second kappa shape index (κ2) is 6.70. The lowest BCUT2D eigenvalue weighted by Gasteiger charge is -2.13. The summed E-state index contributed by atoms with van der Waals surface area (Å²) < 4.78 is 16.4. The van der Waals surface area contributed by atoms with Gasteiger partial charge in [-0.05, 0) is 32.2 Å². The Morgan fingerprint density at radius 3 is 2.84 bits per heavy atom. The molecule has 0 amide bonds. The van der Waals surface area contributed by atoms with Crippen LogP contribution in [0.5, 0.6) is 0 Å². The smallest absolute Gasteiger partial charge is 0.134 e. The molecular formula is C15H21NO3. The van der Waals surface area contributed by atoms with E-state index in [1.54, 1.807) is 7.11 Å². The van der Waals surface area contributed by atoms with Gasteiger partial charge in [0.25, 0.3) is 0 Å². The number of hydrogen-bond acceptors (Lipinski definition) is 4. The van der Waals surface area contributed by atoms with E-state index >= 15 is 0 Å². The number of hydrogen-bond donors (Lipinski definition) is 1. The Kier molecular flexibility index (Phi) is 4.96. The van der Waals surface area contributed by atoms with Crippen molar-refractivity contribution in [2.75, 3.05) is 34.0 Å². The van der Waals surface area contributed by atoms with E-state index in [1.807, 2.05) is 13.1 Å². The lowest BCUT2D eigenvalue weighted by atomic mass is 10.1. The van der Waals surface area contributed by atoms with E-state index in [2.05, 4.69) is 30.4 Å². The summed E-state index contributed by atoms with van der Waals surface area (Å²) >= 11 is 0. The Balaban J connectivity index is 2.07. The molecular weight excluding hydrogens is 242 g/mol. The molecule has 0 fully saturated rings. The number of fused-ring (bicyclic) bond motifs is 1. The number of furan rings is 1. The molecule has 0 saturated heterocycles. The van der Waals surface area contributed by atoms with E-state index in [0.717, 1.165) is 16.7 Å². The predicted octanol–water partition coefficient (Wildman–Crippen LogP) is 2.66. The Morgan fingerprint density at radius 2 is 2.11 bits per heavy atom. The molecule has 4 nitrogen and oxygen atoms in total. The number of benzene rings is 1. The molecule has 1 unspecified atom stereocenters. The first-order valence-corrected chi connectivity index (χ1v) is 6.48. The zero-order chi connectivity index (χ0) is 13.7. The zero-order valence-corrected chi connectivity index (χ0v) is 11.7. The number of methoxy groups -OCH3 is 1. The molecule has 0 spiro atoms. The fraction of sp³-hybridized carbons (Fsp3) is 0.467. The molecule has 104 valence electrons. The summed E-state index contributed by atoms with van der Waals surface area (Å²) in [7, 11) is 3.57. The molecule has 1 heterocycles. The van der Waals surface area contributed by atoms with E-state index in [9.17, 15) is 0 Å². The maximum atomic E-state index is 5.86. The molecule has 2 rings (SSSR count). The van der Waals surface area contributed by atoms with Crippen molar-refractivity contribution in [3.8, 4) is 0 Å². The summed E-state index contributed by atoms with van der Waals surface area (Å²) in [5, 5.41) is 4.34. The van der Waals surface area contributed by atoms with Crippen LogP contribution in [0.1, 0.15) is 17.4 Å². The Labute approximate surface area is 113 Å². The van der Waals surface area contributed by atoms with Gasteiger partial charge in [-0.2, -0.15) is 0 Å². The van der Waals surface area contributed by atoms with Crippen molar-refractivity contribution in [2.24, 2.45) is 0 Å². The van der Waals surface area contributed by atoms with Crippen LogP contribution < -0.4 is 5.32 Å². The van der Waals surface area contributed by atoms with Gasteiger partial charge in [-0.15, -0.1) is 0 Å². The van der Waals surface area contributed by atoms with Gasteiger partial charge in [-0.1, -0.05) is 11.6 Å². The number of nitrogens with one attached hydrogen (secondary N) is 1. The maximum Gasteiger partial charge on any atom is 0.134 e. The van der Waals surface area contributed by atoms with Gasteiger partial charge in [0.1, 0.15) is 11.3 Å². The molecule has 0 aliphatic carbocycles. The number of likely N-dealkylation sites (N-methyl/N-ethyl adjacent to an activating group) is 1. The molecule has 1 aromatic carbocycles. The van der Waals surface area contributed by atoms with Crippen LogP contribution in [0.2, 0.25) is 0 Å². The number of ether oxygens (including phenoxy) is 2. The van der Waals surface area contributed by atoms with Crippen molar-refractivity contribution in [1.29, 1.82) is 0 Å². The highest BCUT2D eigenvalue weighted by Gasteiger charge is 2.14. The fourth-order valence-electron chi connectivity index (χ4n) is 2.01. The number of rotatable bonds is 7. The van der Waals surface area contributed by atoms with Crippen LogP contribution in [0.4, 0.5) is 0 Å². The molecule has 0 aliphatic heterocycles. The largest absolute Gasteiger partial charge is 0.459 e. The molecule has 1 atom stereocenters. The van der Waals surface area contributed by atoms with Crippen molar-refractivity contribution in [2.45, 2.75) is 13.0 Å². The number of aryl methyl sites for hydroxylation is 1. The van der Waals surface area contributed by atoms with Crippen LogP contribution in [0, 0.1) is 6.92 Å². The van der Waals surface area contributed by atoms with Crippen molar-refractivity contribution >= 4 is 11.0 Å². The van der Waals surface area contributed by atoms with Crippen LogP contribution in [0.3, 0.4) is 0 Å². The Bertz CT molecular complexity index is 521. The SMILES string of the molecule is CNC(COCCOC)c1cc2cc(C)ccc2o1. The third-order valence-corrected chi connectivity index (χ3v) is 3.10. The van der Waals surface area contributed by atoms with Gasteiger partial charge in [0.2, 0.25) is 0 Å². The van der Waals surface area contributed by atoms with Gasteiger partial charge in [-0.25, -0.2) is 0 Å². The van der Waals surface area contributed by atoms with Crippen molar-refractivity contribution in [3.63, 3.8) is 0 Å². The first-order valence-electron chi connectivity index (χ1n) is 6.48. The summed E-state index contributed by atoms with van der Waals surface area (Å²) in [6, 6.07) is 8.32. The average molecular weight is 263 g/mol. The van der Waals surface area contributed by atoms with E-state index in [1.165, 1.54) is 5.56 Å². The van der Waals surface area contributed by atoms with Gasteiger partial charge in [0.15, 0.2) is 0 Å². The first-order chi connectivity index (χ1) is 9.24. The topological polar surface area (TPSA) is 43.6 Å². The molecule has 1 N–H and O–H groups in total. The summed E-state index contributed by atoms with van der Waals surface area (Å²) in [6.45, 7) is 3.85. The molecule has 2 aromatic rings. The highest BCUT2D eigenvalue weighted by molar-refractivity contribution is 5.78. The van der Waals surface area contributed by atoms with Crippen LogP contribution in [0.15, 0.2) is 28.7 Å². The molecule has 1 aromatic heterocycles. The van der Waals surface area contributed by atoms with Gasteiger partial charge >= 0.3 is 0 Å². The van der Waals surface area contributed by atoms with E-state index in [0.29, 0.717) is 19.8 Å². The van der Waals surface area contributed by atoms with Gasteiger partial charge < -0.3 is 19.2 Å². The molecule has 0 radical (unpaired) electrons. The Morgan fingerprint density at radius 1 is 1.26 bits per heavy atom. The molecule has 0 saturated carbocycles. The third-order valence-electron chi connectivity index (χ3n) is 3.10. The summed E-state index contributed by atoms with van der Waals surface area (Å²) in [4.78, 5) is 0. The molecule has 0 aliphatic rings. The van der Waals surface area contributed by atoms with Crippen molar-refractivity contribution < 1.29 is 13.9 Å². The van der Waals surface area contributed by atoms with Crippen LogP contribution >= 0.6 is 0 Å². The lowest BCUT2D eigenvalue weighted by Crippen LogP contribution is -2.22. The maximum absolute atomic E-state index is 5.86. The van der Waals surface area contributed by atoms with Gasteiger partial charge in [0.05, 0.1) is 25.9 Å². The predicted molar refractivity (Wildman–Crippen MR) is 75.4 cm³/mol. The minimum Gasteiger partial charge on any atom is -0.459 e. The minimum absolute atomic E-state index is 0.0598. The van der Waals surface area contributed by atoms with Crippen molar-refractivity contribution in [3.05, 3.63) is 35.6 Å². The zero-order valence-electron chi connectivity index (χ0n) is 11.7. The highest BCUT2D eigenvalue weighted by Crippen LogP contribution is 2.24. The first kappa shape index (κ1) is 14.1. The fourth-order valence-corrected chi connectivity index (χ4v) is 2.01. The molecule has 19 heavy (non-hydrogen) atoms. The average Bonchev–Trinajstić information content (AvgIpc) is 2.81. The monoisotopic (exact) mass is 263 g/mol. The summed E-state index contributed by atoms with van der Waals surface area (Å²) in [5.41, 5.74) is 2.15. The summed E-state index contributed by atoms with van der Waals surface area (Å²) in [6.07, 6.45) is 0. The standard InChI is InChI=1S/C15H21NO3/c1-11-4-5-14-12(8-11)9-15(19-14)13(16-2)10-18-7-6-17-3/h4-5,8-9,13,16H,6-7,10H2,1-3H3. The van der Waals surface area contributed by atoms with E-state index in [4.69, 9.17) is 13.9 Å². The third kappa shape index (κ3) is 3.56. The summed E-state index contributed by atoms with van der Waals surface area (Å²) in [5.74, 6) is 0.903. The van der Waals surface area contributed by atoms with E-state index < -0.39 is 0 Å². The second-order valence-electron chi connectivity index (χ2n) is 4.60. The van der Waals surface area contributed by atoms with Gasteiger partial charge in [-0.3, -0.25) is 0 Å². The quantitative estimate of drug-likeness (QED) is 0.780. The lowest BCUT2D eigenvalue weighted by molar-refractivity contribution is 0.0569. The molecule has 0 bridgehead atoms. The normalized spacial score (nSPS) is 13.0. The van der Waals surface area contributed by atoms with Crippen molar-refractivity contribution in [1.82, 2.24) is 5.32 Å². The van der Waals surface area contributed by atoms with Gasteiger partial charge in [0, 0.05) is 12.5 Å². The Hall–Kier alpha value is -1.36. The van der Waals surface area contributed by atoms with Crippen LogP contribution in [0.25, 0.3) is 11.0 Å². The van der Waals surface area contributed by atoms with Crippen LogP contribution in [-0.2, 0) is 9.47 Å². The highest BCUT2D eigenvalue weighted by atomic mass is 16.5.